The standard InChI is InChI=1S/C31H45N5O5S/c1-31(2,3)41-30(39)34-27-22-42-21-24(27)18-28(37)26-11-10-23(19-32-26)20-36(13-7-12-35-14-16-40-17-15-35)29(38)33-25-8-5-4-6-9-25/h10-11,19,21-22,25H,4-9,12-18,20H2,1-3H3,(H,33,38)(H,34,39). The molecule has 10 nitrogen and oxygen atoms in total. The highest BCUT2D eigenvalue weighted by Crippen LogP contribution is 2.24. The van der Waals surface area contributed by atoms with Crippen LogP contribution in [0.2, 0.25) is 0 Å². The Bertz CT molecular complexity index is 1170. The fraction of sp³-hybridized carbons (Fsp3) is 0.613. The molecule has 4 rings (SSSR count). The highest BCUT2D eigenvalue weighted by molar-refractivity contribution is 7.08. The van der Waals surface area contributed by atoms with E-state index in [0.29, 0.717) is 30.0 Å². The van der Waals surface area contributed by atoms with Gasteiger partial charge in [-0.25, -0.2) is 9.59 Å². The summed E-state index contributed by atoms with van der Waals surface area (Å²) >= 11 is 1.41. The number of aromatic nitrogens is 1. The van der Waals surface area contributed by atoms with Crippen molar-refractivity contribution in [1.82, 2.24) is 20.1 Å². The van der Waals surface area contributed by atoms with E-state index in [9.17, 15) is 14.4 Å². The first-order chi connectivity index (χ1) is 20.2. The number of urea groups is 1. The number of carbonyl (C=O) groups excluding carboxylic acids is 3. The van der Waals surface area contributed by atoms with Crippen molar-refractivity contribution in [1.29, 1.82) is 0 Å². The molecule has 3 amide bonds. The minimum absolute atomic E-state index is 0.0356. The number of pyridine rings is 1. The number of amides is 3. The molecule has 3 heterocycles. The Kier molecular flexibility index (Phi) is 11.7. The van der Waals surface area contributed by atoms with Crippen molar-refractivity contribution in [3.05, 3.63) is 45.9 Å². The Morgan fingerprint density at radius 2 is 1.88 bits per heavy atom. The fourth-order valence-corrected chi connectivity index (χ4v) is 6.01. The van der Waals surface area contributed by atoms with E-state index < -0.39 is 11.7 Å². The molecule has 2 aliphatic rings. The maximum absolute atomic E-state index is 13.3. The maximum Gasteiger partial charge on any atom is 0.412 e. The smallest absolute Gasteiger partial charge is 0.412 e. The number of Topliss-reactive ketones (excluding diaryl/α,β-unsaturated/α-hetero) is 1. The minimum atomic E-state index is -0.614. The summed E-state index contributed by atoms with van der Waals surface area (Å²) in [6.45, 7) is 10.8. The second kappa shape index (κ2) is 15.5. The van der Waals surface area contributed by atoms with Gasteiger partial charge in [0.15, 0.2) is 5.78 Å². The van der Waals surface area contributed by atoms with Gasteiger partial charge in [-0.1, -0.05) is 25.3 Å². The van der Waals surface area contributed by atoms with Crippen molar-refractivity contribution in [2.24, 2.45) is 0 Å². The van der Waals surface area contributed by atoms with Crippen LogP contribution in [0, 0.1) is 0 Å². The molecule has 230 valence electrons. The van der Waals surface area contributed by atoms with Crippen molar-refractivity contribution >= 4 is 34.9 Å². The van der Waals surface area contributed by atoms with Gasteiger partial charge in [-0.3, -0.25) is 20.0 Å². The van der Waals surface area contributed by atoms with Gasteiger partial charge in [0.1, 0.15) is 11.3 Å². The van der Waals surface area contributed by atoms with Gasteiger partial charge >= 0.3 is 12.1 Å². The molecule has 0 spiro atoms. The van der Waals surface area contributed by atoms with Crippen molar-refractivity contribution in [3.8, 4) is 0 Å². The molecule has 1 aliphatic heterocycles. The predicted octanol–water partition coefficient (Wildman–Crippen LogP) is 5.48. The van der Waals surface area contributed by atoms with Crippen LogP contribution in [0.5, 0.6) is 0 Å². The third kappa shape index (κ3) is 10.4. The molecule has 1 aliphatic carbocycles. The van der Waals surface area contributed by atoms with E-state index in [1.807, 2.05) is 16.3 Å². The number of hydrogen-bond acceptors (Lipinski definition) is 8. The van der Waals surface area contributed by atoms with Crippen LogP contribution in [0.1, 0.15) is 80.9 Å². The van der Waals surface area contributed by atoms with Crippen LogP contribution in [-0.4, -0.2) is 83.7 Å². The third-order valence-corrected chi connectivity index (χ3v) is 8.23. The zero-order valence-electron chi connectivity index (χ0n) is 25.2. The van der Waals surface area contributed by atoms with E-state index in [1.165, 1.54) is 17.8 Å². The number of morpholine rings is 1. The zero-order chi connectivity index (χ0) is 30.0. The highest BCUT2D eigenvalue weighted by Gasteiger charge is 2.22. The Labute approximate surface area is 253 Å². The van der Waals surface area contributed by atoms with Gasteiger partial charge in [0.2, 0.25) is 0 Å². The summed E-state index contributed by atoms with van der Waals surface area (Å²) in [5.74, 6) is -0.149. The summed E-state index contributed by atoms with van der Waals surface area (Å²) in [6, 6.07) is 3.79. The quantitative estimate of drug-likeness (QED) is 0.329. The Balaban J connectivity index is 1.34. The molecule has 2 aromatic heterocycles. The van der Waals surface area contributed by atoms with Crippen LogP contribution in [0.15, 0.2) is 29.1 Å². The molecule has 0 aromatic carbocycles. The molecule has 2 fully saturated rings. The van der Waals surface area contributed by atoms with E-state index in [2.05, 4.69) is 20.5 Å². The van der Waals surface area contributed by atoms with E-state index in [-0.39, 0.29) is 24.3 Å². The number of anilines is 1. The van der Waals surface area contributed by atoms with Crippen molar-refractivity contribution in [2.75, 3.05) is 44.7 Å². The number of ketones is 1. The lowest BCUT2D eigenvalue weighted by molar-refractivity contribution is 0.0364. The number of hydrogen-bond donors (Lipinski definition) is 2. The van der Waals surface area contributed by atoms with Crippen molar-refractivity contribution < 1.29 is 23.9 Å². The van der Waals surface area contributed by atoms with Crippen LogP contribution in [0.4, 0.5) is 15.3 Å². The van der Waals surface area contributed by atoms with Gasteiger partial charge in [-0.2, -0.15) is 0 Å². The summed E-state index contributed by atoms with van der Waals surface area (Å²) in [5, 5.41) is 9.62. The average Bonchev–Trinajstić information content (AvgIpc) is 3.38. The van der Waals surface area contributed by atoms with Crippen LogP contribution < -0.4 is 10.6 Å². The van der Waals surface area contributed by atoms with E-state index in [0.717, 1.165) is 70.5 Å². The van der Waals surface area contributed by atoms with E-state index in [4.69, 9.17) is 9.47 Å². The molecule has 0 radical (unpaired) electrons. The minimum Gasteiger partial charge on any atom is -0.444 e. The summed E-state index contributed by atoms with van der Waals surface area (Å²) in [4.78, 5) is 47.2. The first-order valence-electron chi connectivity index (χ1n) is 15.0. The second-order valence-corrected chi connectivity index (χ2v) is 12.8. The van der Waals surface area contributed by atoms with Gasteiger partial charge in [0.05, 0.1) is 18.9 Å². The summed E-state index contributed by atoms with van der Waals surface area (Å²) in [5.41, 5.74) is 1.89. The molecule has 1 saturated heterocycles. The molecule has 42 heavy (non-hydrogen) atoms. The summed E-state index contributed by atoms with van der Waals surface area (Å²) in [6.07, 6.45) is 7.73. The van der Waals surface area contributed by atoms with E-state index in [1.54, 1.807) is 38.4 Å². The highest BCUT2D eigenvalue weighted by atomic mass is 32.1. The lowest BCUT2D eigenvalue weighted by Crippen LogP contribution is -2.46. The molecule has 1 saturated carbocycles. The Morgan fingerprint density at radius 1 is 1.12 bits per heavy atom. The molecule has 11 heteroatoms. The molecule has 2 N–H and O–H groups in total. The van der Waals surface area contributed by atoms with Crippen LogP contribution in [0.25, 0.3) is 0 Å². The van der Waals surface area contributed by atoms with Gasteiger partial charge in [-0.15, -0.1) is 11.3 Å². The maximum atomic E-state index is 13.3. The van der Waals surface area contributed by atoms with Gasteiger partial charge in [0.25, 0.3) is 0 Å². The monoisotopic (exact) mass is 599 g/mol. The second-order valence-electron chi connectivity index (χ2n) is 12.1. The number of rotatable bonds is 11. The van der Waals surface area contributed by atoms with E-state index >= 15 is 0 Å². The number of carbonyl (C=O) groups is 3. The average molecular weight is 600 g/mol. The lowest BCUT2D eigenvalue weighted by Gasteiger charge is -2.30. The first kappa shape index (κ1) is 31.9. The zero-order valence-corrected chi connectivity index (χ0v) is 26.0. The van der Waals surface area contributed by atoms with Crippen LogP contribution >= 0.6 is 11.3 Å². The molecular weight excluding hydrogens is 554 g/mol. The number of nitrogens with one attached hydrogen (secondary N) is 2. The number of nitrogens with zero attached hydrogens (tertiary/aromatic N) is 3. The normalized spacial score (nSPS) is 16.5. The lowest BCUT2D eigenvalue weighted by atomic mass is 9.96. The molecular formula is C31H45N5O5S. The fourth-order valence-electron chi connectivity index (χ4n) is 5.23. The Morgan fingerprint density at radius 3 is 2.57 bits per heavy atom. The number of thiophene rings is 1. The molecule has 0 bridgehead atoms. The van der Waals surface area contributed by atoms with Gasteiger partial charge in [0, 0.05) is 56.8 Å². The SMILES string of the molecule is CC(C)(C)OC(=O)Nc1cscc1CC(=O)c1ccc(CN(CCCN2CCOCC2)C(=O)NC2CCCCC2)cn1. The van der Waals surface area contributed by atoms with Crippen LogP contribution in [-0.2, 0) is 22.4 Å². The number of ether oxygens (including phenoxy) is 2. The van der Waals surface area contributed by atoms with Crippen molar-refractivity contribution in [3.63, 3.8) is 0 Å². The summed E-state index contributed by atoms with van der Waals surface area (Å²) < 4.78 is 10.8. The molecule has 0 atom stereocenters. The summed E-state index contributed by atoms with van der Waals surface area (Å²) in [7, 11) is 0. The molecule has 2 aromatic rings. The third-order valence-electron chi connectivity index (χ3n) is 7.44. The van der Waals surface area contributed by atoms with Gasteiger partial charge in [-0.05, 0) is 62.6 Å². The van der Waals surface area contributed by atoms with Crippen LogP contribution in [0.3, 0.4) is 0 Å². The Hall–Kier alpha value is -3.02. The largest absolute Gasteiger partial charge is 0.444 e. The topological polar surface area (TPSA) is 113 Å². The van der Waals surface area contributed by atoms with Gasteiger partial charge < -0.3 is 19.7 Å². The first-order valence-corrected chi connectivity index (χ1v) is 16.0. The predicted molar refractivity (Wildman–Crippen MR) is 164 cm³/mol. The molecule has 0 unspecified atom stereocenters. The van der Waals surface area contributed by atoms with Crippen molar-refractivity contribution in [2.45, 2.75) is 83.9 Å².